The average Bonchev–Trinajstić information content (AvgIpc) is 3.31. The van der Waals surface area contributed by atoms with E-state index in [4.69, 9.17) is 27.6 Å². The molecular formula is C26H27Cl2N3O3. The van der Waals surface area contributed by atoms with Crippen LogP contribution in [-0.4, -0.2) is 42.9 Å². The zero-order valence-electron chi connectivity index (χ0n) is 19.2. The zero-order valence-corrected chi connectivity index (χ0v) is 20.7. The molecule has 2 amide bonds. The monoisotopic (exact) mass is 499 g/mol. The first kappa shape index (κ1) is 24.2. The Kier molecular flexibility index (Phi) is 7.49. The van der Waals surface area contributed by atoms with Gasteiger partial charge in [0.15, 0.2) is 5.76 Å². The minimum absolute atomic E-state index is 0.178. The van der Waals surface area contributed by atoms with E-state index in [2.05, 4.69) is 24.1 Å². The highest BCUT2D eigenvalue weighted by atomic mass is 35.5. The second-order valence-corrected chi connectivity index (χ2v) is 9.52. The molecule has 1 saturated heterocycles. The number of nitrogens with one attached hydrogen (secondary N) is 1. The third-order valence-electron chi connectivity index (χ3n) is 5.75. The van der Waals surface area contributed by atoms with E-state index in [1.54, 1.807) is 30.3 Å². The molecule has 1 N–H and O–H groups in total. The number of piperazine rings is 1. The summed E-state index contributed by atoms with van der Waals surface area (Å²) in [6.45, 7) is 7.15. The molecule has 0 spiro atoms. The molecule has 1 aliphatic heterocycles. The fraction of sp³-hybridized carbons (Fsp3) is 0.308. The lowest BCUT2D eigenvalue weighted by Crippen LogP contribution is -2.49. The Hall–Kier alpha value is -2.96. The Morgan fingerprint density at radius 2 is 1.68 bits per heavy atom. The number of carbonyl (C=O) groups is 2. The predicted octanol–water partition coefficient (Wildman–Crippen LogP) is 6.20. The Balaban J connectivity index is 1.35. The first-order valence-corrected chi connectivity index (χ1v) is 12.1. The van der Waals surface area contributed by atoms with E-state index < -0.39 is 0 Å². The van der Waals surface area contributed by atoms with Crippen LogP contribution in [-0.2, 0) is 4.79 Å². The smallest absolute Gasteiger partial charge is 0.291 e. The molecule has 0 unspecified atom stereocenters. The van der Waals surface area contributed by atoms with Crippen LogP contribution in [0.15, 0.2) is 59.0 Å². The van der Waals surface area contributed by atoms with Gasteiger partial charge in [-0.25, -0.2) is 0 Å². The Morgan fingerprint density at radius 1 is 0.971 bits per heavy atom. The molecule has 0 saturated carbocycles. The lowest BCUT2D eigenvalue weighted by Gasteiger charge is -2.36. The quantitative estimate of drug-likeness (QED) is 0.438. The van der Waals surface area contributed by atoms with Crippen LogP contribution in [0.3, 0.4) is 0 Å². The Morgan fingerprint density at radius 3 is 2.35 bits per heavy atom. The summed E-state index contributed by atoms with van der Waals surface area (Å²) in [6.07, 6.45) is 0.595. The van der Waals surface area contributed by atoms with Crippen molar-refractivity contribution in [3.05, 3.63) is 70.4 Å². The molecule has 0 bridgehead atoms. The molecule has 0 radical (unpaired) electrons. The highest BCUT2D eigenvalue weighted by Gasteiger charge is 2.22. The van der Waals surface area contributed by atoms with Gasteiger partial charge >= 0.3 is 0 Å². The van der Waals surface area contributed by atoms with Crippen LogP contribution < -0.4 is 10.2 Å². The molecule has 3 aromatic rings. The number of hydrogen-bond donors (Lipinski definition) is 1. The van der Waals surface area contributed by atoms with Gasteiger partial charge in [0.2, 0.25) is 5.91 Å². The fourth-order valence-electron chi connectivity index (χ4n) is 3.94. The minimum Gasteiger partial charge on any atom is -0.451 e. The SMILES string of the molecule is CC(C)CC(=O)N1CCN(c2ccc(NC(=O)c3ccc(-c4cccc(Cl)c4Cl)o3)cc2)CC1. The van der Waals surface area contributed by atoms with Gasteiger partial charge in [-0.05, 0) is 54.4 Å². The fourth-order valence-corrected chi connectivity index (χ4v) is 4.33. The molecule has 0 atom stereocenters. The number of furan rings is 1. The number of nitrogens with zero attached hydrogens (tertiary/aromatic N) is 2. The van der Waals surface area contributed by atoms with Crippen molar-refractivity contribution in [1.82, 2.24) is 4.90 Å². The van der Waals surface area contributed by atoms with E-state index in [1.807, 2.05) is 29.2 Å². The summed E-state index contributed by atoms with van der Waals surface area (Å²) in [6, 6.07) is 16.2. The first-order chi connectivity index (χ1) is 16.3. The van der Waals surface area contributed by atoms with Gasteiger partial charge in [-0.3, -0.25) is 9.59 Å². The number of hydrogen-bond acceptors (Lipinski definition) is 4. The second-order valence-electron chi connectivity index (χ2n) is 8.73. The molecular weight excluding hydrogens is 473 g/mol. The predicted molar refractivity (Wildman–Crippen MR) is 137 cm³/mol. The van der Waals surface area contributed by atoms with Crippen LogP contribution in [0.5, 0.6) is 0 Å². The number of halogens is 2. The van der Waals surface area contributed by atoms with Crippen molar-refractivity contribution >= 4 is 46.4 Å². The normalized spacial score (nSPS) is 13.9. The summed E-state index contributed by atoms with van der Waals surface area (Å²) in [4.78, 5) is 29.1. The standard InChI is InChI=1S/C26H27Cl2N3O3/c1-17(2)16-24(32)31-14-12-30(13-15-31)19-8-6-18(7-9-19)29-26(33)23-11-10-22(34-23)20-4-3-5-21(27)25(20)28/h3-11,17H,12-16H2,1-2H3,(H,29,33). The van der Waals surface area contributed by atoms with Crippen LogP contribution in [0, 0.1) is 5.92 Å². The highest BCUT2D eigenvalue weighted by Crippen LogP contribution is 2.34. The van der Waals surface area contributed by atoms with Gasteiger partial charge in [-0.15, -0.1) is 0 Å². The van der Waals surface area contributed by atoms with E-state index in [-0.39, 0.29) is 17.6 Å². The summed E-state index contributed by atoms with van der Waals surface area (Å²) in [7, 11) is 0. The Labute approximate surface area is 209 Å². The van der Waals surface area contributed by atoms with Crippen molar-refractivity contribution in [3.8, 4) is 11.3 Å². The maximum Gasteiger partial charge on any atom is 0.291 e. The molecule has 4 rings (SSSR count). The van der Waals surface area contributed by atoms with Gasteiger partial charge in [0.25, 0.3) is 5.91 Å². The van der Waals surface area contributed by atoms with Gasteiger partial charge in [0, 0.05) is 49.5 Å². The van der Waals surface area contributed by atoms with E-state index in [1.165, 1.54) is 0 Å². The zero-order chi connectivity index (χ0) is 24.2. The lowest BCUT2D eigenvalue weighted by molar-refractivity contribution is -0.132. The van der Waals surface area contributed by atoms with Crippen molar-refractivity contribution in [2.45, 2.75) is 20.3 Å². The maximum absolute atomic E-state index is 12.7. The van der Waals surface area contributed by atoms with Crippen LogP contribution in [0.1, 0.15) is 30.8 Å². The maximum atomic E-state index is 12.7. The summed E-state index contributed by atoms with van der Waals surface area (Å²) in [5.74, 6) is 0.896. The van der Waals surface area contributed by atoms with Crippen molar-refractivity contribution in [3.63, 3.8) is 0 Å². The molecule has 6 nitrogen and oxygen atoms in total. The van der Waals surface area contributed by atoms with Crippen molar-refractivity contribution in [1.29, 1.82) is 0 Å². The van der Waals surface area contributed by atoms with E-state index in [0.29, 0.717) is 39.4 Å². The van der Waals surface area contributed by atoms with Crippen LogP contribution in [0.2, 0.25) is 10.0 Å². The van der Waals surface area contributed by atoms with E-state index >= 15 is 0 Å². The molecule has 34 heavy (non-hydrogen) atoms. The Bertz CT molecular complexity index is 1170. The molecule has 2 heterocycles. The van der Waals surface area contributed by atoms with E-state index in [0.717, 1.165) is 31.9 Å². The number of carbonyl (C=O) groups excluding carboxylic acids is 2. The van der Waals surface area contributed by atoms with Gasteiger partial charge in [-0.1, -0.05) is 43.1 Å². The molecule has 1 aliphatic rings. The molecule has 1 aromatic heterocycles. The number of anilines is 2. The van der Waals surface area contributed by atoms with Crippen molar-refractivity contribution in [2.75, 3.05) is 36.4 Å². The summed E-state index contributed by atoms with van der Waals surface area (Å²) in [5, 5.41) is 3.66. The molecule has 2 aromatic carbocycles. The van der Waals surface area contributed by atoms with Gasteiger partial charge < -0.3 is 19.5 Å². The van der Waals surface area contributed by atoms with E-state index in [9.17, 15) is 9.59 Å². The van der Waals surface area contributed by atoms with Gasteiger partial charge in [0.05, 0.1) is 10.0 Å². The minimum atomic E-state index is -0.352. The van der Waals surface area contributed by atoms with Gasteiger partial charge in [-0.2, -0.15) is 0 Å². The topological polar surface area (TPSA) is 65.8 Å². The second kappa shape index (κ2) is 10.5. The summed E-state index contributed by atoms with van der Waals surface area (Å²) < 4.78 is 5.72. The third-order valence-corrected chi connectivity index (χ3v) is 6.57. The van der Waals surface area contributed by atoms with Crippen molar-refractivity contribution in [2.24, 2.45) is 5.92 Å². The van der Waals surface area contributed by atoms with Crippen LogP contribution in [0.4, 0.5) is 11.4 Å². The molecule has 0 aliphatic carbocycles. The number of amides is 2. The molecule has 178 valence electrons. The third kappa shape index (κ3) is 5.57. The van der Waals surface area contributed by atoms with Crippen molar-refractivity contribution < 1.29 is 14.0 Å². The molecule has 1 fully saturated rings. The number of benzene rings is 2. The van der Waals surface area contributed by atoms with Crippen LogP contribution in [0.25, 0.3) is 11.3 Å². The number of rotatable bonds is 6. The first-order valence-electron chi connectivity index (χ1n) is 11.3. The average molecular weight is 500 g/mol. The molecule has 8 heteroatoms. The largest absolute Gasteiger partial charge is 0.451 e. The highest BCUT2D eigenvalue weighted by molar-refractivity contribution is 6.43. The van der Waals surface area contributed by atoms with Gasteiger partial charge in [0.1, 0.15) is 5.76 Å². The summed E-state index contributed by atoms with van der Waals surface area (Å²) >= 11 is 12.3. The van der Waals surface area contributed by atoms with Crippen LogP contribution >= 0.6 is 23.2 Å². The lowest BCUT2D eigenvalue weighted by atomic mass is 10.1. The summed E-state index contributed by atoms with van der Waals surface area (Å²) in [5.41, 5.74) is 2.35.